The van der Waals surface area contributed by atoms with Gasteiger partial charge in [-0.2, -0.15) is 13.2 Å². The van der Waals surface area contributed by atoms with Crippen LogP contribution in [0.15, 0.2) is 59.6 Å². The molecule has 2 aromatic carbocycles. The van der Waals surface area contributed by atoms with Crippen LogP contribution in [0.3, 0.4) is 0 Å². The Morgan fingerprint density at radius 3 is 2.32 bits per heavy atom. The van der Waals surface area contributed by atoms with E-state index < -0.39 is 11.7 Å². The third-order valence-corrected chi connectivity index (χ3v) is 2.92. The minimum atomic E-state index is -4.37. The first kappa shape index (κ1) is 15.8. The minimum Gasteiger partial charge on any atom is -0.497 e. The molecule has 0 aliphatic heterocycles. The van der Waals surface area contributed by atoms with Gasteiger partial charge in [-0.25, -0.2) is 0 Å². The van der Waals surface area contributed by atoms with Gasteiger partial charge < -0.3 is 4.74 Å². The first-order valence-corrected chi connectivity index (χ1v) is 6.52. The summed E-state index contributed by atoms with van der Waals surface area (Å²) in [5, 5.41) is 0. The Labute approximate surface area is 126 Å². The Bertz CT molecular complexity index is 673. The van der Waals surface area contributed by atoms with Crippen LogP contribution in [0.25, 0.3) is 6.08 Å². The second-order valence-electron chi connectivity index (χ2n) is 4.42. The quantitative estimate of drug-likeness (QED) is 0.718. The Balaban J connectivity index is 2.11. The lowest BCUT2D eigenvalue weighted by Crippen LogP contribution is -2.06. The van der Waals surface area contributed by atoms with E-state index in [1.807, 2.05) is 0 Å². The van der Waals surface area contributed by atoms with Gasteiger partial charge >= 0.3 is 6.18 Å². The lowest BCUT2D eigenvalue weighted by Gasteiger charge is -2.09. The molecule has 0 atom stereocenters. The molecule has 114 valence electrons. The molecule has 0 aromatic heterocycles. The Hall–Kier alpha value is -2.56. The van der Waals surface area contributed by atoms with E-state index in [0.29, 0.717) is 11.4 Å². The molecule has 0 aliphatic rings. The molecule has 0 spiro atoms. The molecule has 0 radical (unpaired) electrons. The van der Waals surface area contributed by atoms with Crippen molar-refractivity contribution in [2.24, 2.45) is 4.99 Å². The Morgan fingerprint density at radius 1 is 1.00 bits per heavy atom. The fraction of sp³-hybridized carbons (Fsp3) is 0.118. The summed E-state index contributed by atoms with van der Waals surface area (Å²) in [5.74, 6) is 0.716. The van der Waals surface area contributed by atoms with E-state index in [0.717, 1.165) is 6.07 Å². The summed E-state index contributed by atoms with van der Waals surface area (Å²) >= 11 is 0. The van der Waals surface area contributed by atoms with E-state index in [9.17, 15) is 13.2 Å². The first-order valence-electron chi connectivity index (χ1n) is 6.52. The lowest BCUT2D eigenvalue weighted by atomic mass is 10.1. The highest BCUT2D eigenvalue weighted by molar-refractivity contribution is 5.81. The van der Waals surface area contributed by atoms with Gasteiger partial charge in [-0.05, 0) is 42.0 Å². The molecule has 0 saturated heterocycles. The van der Waals surface area contributed by atoms with Crippen molar-refractivity contribution in [1.29, 1.82) is 0 Å². The zero-order valence-corrected chi connectivity index (χ0v) is 11.8. The predicted molar refractivity (Wildman–Crippen MR) is 81.6 cm³/mol. The second-order valence-corrected chi connectivity index (χ2v) is 4.42. The van der Waals surface area contributed by atoms with Crippen molar-refractivity contribution < 1.29 is 17.9 Å². The van der Waals surface area contributed by atoms with Crippen LogP contribution in [0.2, 0.25) is 0 Å². The standard InChI is InChI=1S/C17H14F3NO/c1-22-15-10-8-14(9-11-15)21-12-4-6-13-5-2-3-7-16(13)17(18,19)20/h2-12H,1H3/b6-4+,21-12?. The summed E-state index contributed by atoms with van der Waals surface area (Å²) in [7, 11) is 1.57. The van der Waals surface area contributed by atoms with Crippen molar-refractivity contribution in [3.8, 4) is 5.75 Å². The molecule has 0 bridgehead atoms. The Kier molecular flexibility index (Phi) is 4.99. The molecule has 2 rings (SSSR count). The summed E-state index contributed by atoms with van der Waals surface area (Å²) in [6, 6.07) is 12.4. The van der Waals surface area contributed by atoms with E-state index in [-0.39, 0.29) is 5.56 Å². The fourth-order valence-corrected chi connectivity index (χ4v) is 1.84. The monoisotopic (exact) mass is 305 g/mol. The third-order valence-electron chi connectivity index (χ3n) is 2.92. The number of benzene rings is 2. The van der Waals surface area contributed by atoms with Crippen LogP contribution in [0, 0.1) is 0 Å². The van der Waals surface area contributed by atoms with Crippen LogP contribution in [-0.4, -0.2) is 13.3 Å². The molecule has 2 nitrogen and oxygen atoms in total. The number of hydrogen-bond donors (Lipinski definition) is 0. The van der Waals surface area contributed by atoms with Gasteiger partial charge in [0.1, 0.15) is 5.75 Å². The topological polar surface area (TPSA) is 21.6 Å². The number of alkyl halides is 3. The molecule has 5 heteroatoms. The van der Waals surface area contributed by atoms with E-state index in [1.165, 1.54) is 30.5 Å². The number of ether oxygens (including phenoxy) is 1. The molecule has 0 aliphatic carbocycles. The number of methoxy groups -OCH3 is 1. The van der Waals surface area contributed by atoms with Gasteiger partial charge in [0.15, 0.2) is 0 Å². The lowest BCUT2D eigenvalue weighted by molar-refractivity contribution is -0.137. The van der Waals surface area contributed by atoms with Gasteiger partial charge in [0, 0.05) is 6.21 Å². The van der Waals surface area contributed by atoms with Crippen molar-refractivity contribution in [1.82, 2.24) is 0 Å². The summed E-state index contributed by atoms with van der Waals surface area (Å²) in [6.07, 6.45) is -0.0479. The van der Waals surface area contributed by atoms with E-state index in [2.05, 4.69) is 4.99 Å². The zero-order valence-electron chi connectivity index (χ0n) is 11.8. The van der Waals surface area contributed by atoms with Crippen LogP contribution in [0.1, 0.15) is 11.1 Å². The normalized spacial score (nSPS) is 12.2. The molecule has 0 unspecified atom stereocenters. The van der Waals surface area contributed by atoms with Crippen molar-refractivity contribution in [3.63, 3.8) is 0 Å². The highest BCUT2D eigenvalue weighted by atomic mass is 19.4. The van der Waals surface area contributed by atoms with Crippen LogP contribution in [0.5, 0.6) is 5.75 Å². The average Bonchev–Trinajstić information content (AvgIpc) is 2.51. The molecule has 0 fully saturated rings. The zero-order chi connectivity index (χ0) is 16.0. The minimum absolute atomic E-state index is 0.108. The van der Waals surface area contributed by atoms with Gasteiger partial charge in [-0.15, -0.1) is 0 Å². The smallest absolute Gasteiger partial charge is 0.416 e. The first-order chi connectivity index (χ1) is 10.5. The molecule has 2 aromatic rings. The van der Waals surface area contributed by atoms with Gasteiger partial charge in [-0.3, -0.25) is 4.99 Å². The number of hydrogen-bond acceptors (Lipinski definition) is 2. The maximum absolute atomic E-state index is 12.8. The van der Waals surface area contributed by atoms with Crippen LogP contribution >= 0.6 is 0 Å². The maximum Gasteiger partial charge on any atom is 0.416 e. The van der Waals surface area contributed by atoms with Gasteiger partial charge in [0.2, 0.25) is 0 Å². The van der Waals surface area contributed by atoms with Crippen LogP contribution in [0.4, 0.5) is 18.9 Å². The summed E-state index contributed by atoms with van der Waals surface area (Å²) in [4.78, 5) is 4.14. The summed E-state index contributed by atoms with van der Waals surface area (Å²) < 4.78 is 43.5. The van der Waals surface area contributed by atoms with E-state index >= 15 is 0 Å². The number of halogens is 3. The fourth-order valence-electron chi connectivity index (χ4n) is 1.84. The summed E-state index contributed by atoms with van der Waals surface area (Å²) in [6.45, 7) is 0. The van der Waals surface area contributed by atoms with Crippen molar-refractivity contribution >= 4 is 18.0 Å². The largest absolute Gasteiger partial charge is 0.497 e. The van der Waals surface area contributed by atoms with Crippen molar-refractivity contribution in [2.45, 2.75) is 6.18 Å². The van der Waals surface area contributed by atoms with Crippen LogP contribution < -0.4 is 4.74 Å². The average molecular weight is 305 g/mol. The molecular formula is C17H14F3NO. The third kappa shape index (κ3) is 4.22. The molecule has 22 heavy (non-hydrogen) atoms. The SMILES string of the molecule is COc1ccc(N=C/C=C/c2ccccc2C(F)(F)F)cc1. The summed E-state index contributed by atoms with van der Waals surface area (Å²) in [5.41, 5.74) is 0.134. The van der Waals surface area contributed by atoms with Crippen LogP contribution in [-0.2, 0) is 6.18 Å². The molecule has 0 N–H and O–H groups in total. The maximum atomic E-state index is 12.8. The van der Waals surface area contributed by atoms with Crippen molar-refractivity contribution in [3.05, 3.63) is 65.7 Å². The van der Waals surface area contributed by atoms with Gasteiger partial charge in [-0.1, -0.05) is 24.3 Å². The Morgan fingerprint density at radius 2 is 1.68 bits per heavy atom. The number of rotatable bonds is 4. The molecule has 0 saturated carbocycles. The van der Waals surface area contributed by atoms with Gasteiger partial charge in [0.25, 0.3) is 0 Å². The number of nitrogens with zero attached hydrogens (tertiary/aromatic N) is 1. The number of allylic oxidation sites excluding steroid dienone is 1. The van der Waals surface area contributed by atoms with Crippen molar-refractivity contribution in [2.75, 3.05) is 7.11 Å². The predicted octanol–water partition coefficient (Wildman–Crippen LogP) is 5.13. The molecule has 0 amide bonds. The highest BCUT2D eigenvalue weighted by Gasteiger charge is 2.32. The molecular weight excluding hydrogens is 291 g/mol. The van der Waals surface area contributed by atoms with E-state index in [4.69, 9.17) is 4.74 Å². The highest BCUT2D eigenvalue weighted by Crippen LogP contribution is 2.32. The number of aliphatic imine (C=N–C) groups is 1. The van der Waals surface area contributed by atoms with E-state index in [1.54, 1.807) is 37.4 Å². The second kappa shape index (κ2) is 6.93. The van der Waals surface area contributed by atoms with Gasteiger partial charge in [0.05, 0.1) is 18.4 Å². The molecule has 0 heterocycles.